The van der Waals surface area contributed by atoms with E-state index in [1.807, 2.05) is 0 Å². The van der Waals surface area contributed by atoms with Gasteiger partial charge in [0.1, 0.15) is 0 Å². The summed E-state index contributed by atoms with van der Waals surface area (Å²) in [5.41, 5.74) is 0. The fourth-order valence-electron chi connectivity index (χ4n) is 0.549. The van der Waals surface area contributed by atoms with Crippen molar-refractivity contribution >= 4 is 12.1 Å². The van der Waals surface area contributed by atoms with Gasteiger partial charge in [-0.3, -0.25) is 4.79 Å². The maximum atomic E-state index is 9.90. The lowest BCUT2D eigenvalue weighted by atomic mass is 10.2. The van der Waals surface area contributed by atoms with Crippen LogP contribution in [0.2, 0.25) is 0 Å². The molecule has 0 aliphatic heterocycles. The van der Waals surface area contributed by atoms with E-state index in [4.69, 9.17) is 25.2 Å². The summed E-state index contributed by atoms with van der Waals surface area (Å²) in [6.07, 6.45) is -0.908. The van der Waals surface area contributed by atoms with E-state index in [0.717, 1.165) is 0 Å². The first-order valence-corrected chi connectivity index (χ1v) is 3.68. The van der Waals surface area contributed by atoms with Gasteiger partial charge in [0, 0.05) is 6.42 Å². The van der Waals surface area contributed by atoms with Crippen molar-refractivity contribution in [2.24, 2.45) is 0 Å². The van der Waals surface area contributed by atoms with Crippen molar-refractivity contribution in [2.45, 2.75) is 32.3 Å². The Morgan fingerprint density at radius 2 is 1.62 bits per heavy atom. The van der Waals surface area contributed by atoms with Gasteiger partial charge in [-0.1, -0.05) is 0 Å². The highest BCUT2D eigenvalue weighted by atomic mass is 16.6. The van der Waals surface area contributed by atoms with Gasteiger partial charge in [-0.2, -0.15) is 0 Å². The van der Waals surface area contributed by atoms with Gasteiger partial charge in [-0.25, -0.2) is 4.79 Å². The van der Waals surface area contributed by atoms with Crippen molar-refractivity contribution < 1.29 is 30.0 Å². The fraction of sp³-hybridized carbons (Fsp3) is 0.714. The van der Waals surface area contributed by atoms with Crippen LogP contribution in [0.5, 0.6) is 0 Å². The molecule has 0 fully saturated rings. The van der Waals surface area contributed by atoms with E-state index >= 15 is 0 Å². The molecule has 0 amide bonds. The number of hydrogen-bond acceptors (Lipinski definition) is 3. The van der Waals surface area contributed by atoms with Crippen LogP contribution < -0.4 is 0 Å². The second-order valence-electron chi connectivity index (χ2n) is 2.42. The minimum atomic E-state index is -1.83. The van der Waals surface area contributed by atoms with E-state index in [-0.39, 0.29) is 12.5 Å². The van der Waals surface area contributed by atoms with Crippen LogP contribution in [0.3, 0.4) is 0 Å². The molecule has 78 valence electrons. The third-order valence-corrected chi connectivity index (χ3v) is 1.01. The zero-order valence-electron chi connectivity index (χ0n) is 7.30. The largest absolute Gasteiger partial charge is 0.503 e. The summed E-state index contributed by atoms with van der Waals surface area (Å²) in [4.78, 5) is 18.5. The van der Waals surface area contributed by atoms with E-state index < -0.39 is 12.1 Å². The molecule has 1 unspecified atom stereocenters. The van der Waals surface area contributed by atoms with E-state index in [9.17, 15) is 4.79 Å². The van der Waals surface area contributed by atoms with Crippen molar-refractivity contribution in [3.05, 3.63) is 0 Å². The summed E-state index contributed by atoms with van der Waals surface area (Å²) in [6, 6.07) is 0. The van der Waals surface area contributed by atoms with Crippen molar-refractivity contribution in [3.63, 3.8) is 0 Å². The predicted octanol–water partition coefficient (Wildman–Crippen LogP) is 0.844. The van der Waals surface area contributed by atoms with E-state index in [2.05, 4.69) is 0 Å². The lowest BCUT2D eigenvalue weighted by molar-refractivity contribution is -0.137. The second-order valence-corrected chi connectivity index (χ2v) is 2.42. The van der Waals surface area contributed by atoms with Crippen molar-refractivity contribution in [2.75, 3.05) is 0 Å². The first-order chi connectivity index (χ1) is 5.86. The van der Waals surface area contributed by atoms with Crippen molar-refractivity contribution in [3.8, 4) is 0 Å². The summed E-state index contributed by atoms with van der Waals surface area (Å²) in [5.74, 6) is -0.796. The van der Waals surface area contributed by atoms with Gasteiger partial charge in [0.15, 0.2) is 0 Å². The summed E-state index contributed by atoms with van der Waals surface area (Å²) in [7, 11) is 0. The topological polar surface area (TPSA) is 115 Å². The molecule has 0 aromatic rings. The highest BCUT2D eigenvalue weighted by Gasteiger charge is 1.98. The van der Waals surface area contributed by atoms with Gasteiger partial charge in [0.2, 0.25) is 0 Å². The molecule has 4 N–H and O–H groups in total. The van der Waals surface area contributed by atoms with Gasteiger partial charge in [0.05, 0.1) is 6.10 Å². The normalized spacial score (nSPS) is 10.9. The maximum Gasteiger partial charge on any atom is 0.503 e. The molecular formula is C7H14O6. The van der Waals surface area contributed by atoms with Crippen LogP contribution in [-0.4, -0.2) is 38.7 Å². The standard InChI is InChI=1S/C6H12O3.CH2O3/c1-5(7)3-2-4-6(8)9;2-1(3)4/h5,7H,2-4H2,1H3,(H,8,9);(H2,2,3,4). The Bertz CT molecular complexity index is 149. The molecule has 0 saturated carbocycles. The highest BCUT2D eigenvalue weighted by Crippen LogP contribution is 1.98. The number of aliphatic hydroxyl groups excluding tert-OH is 1. The summed E-state index contributed by atoms with van der Waals surface area (Å²) < 4.78 is 0. The lowest BCUT2D eigenvalue weighted by Crippen LogP contribution is -2.01. The average Bonchev–Trinajstić information content (AvgIpc) is 1.83. The van der Waals surface area contributed by atoms with E-state index in [1.165, 1.54) is 0 Å². The number of carboxylic acids is 1. The van der Waals surface area contributed by atoms with Crippen LogP contribution in [0.15, 0.2) is 0 Å². The molecule has 1 atom stereocenters. The predicted molar refractivity (Wildman–Crippen MR) is 43.8 cm³/mol. The van der Waals surface area contributed by atoms with Crippen LogP contribution in [0.25, 0.3) is 0 Å². The molecule has 0 aromatic heterocycles. The average molecular weight is 194 g/mol. The highest BCUT2D eigenvalue weighted by molar-refractivity contribution is 5.66. The van der Waals surface area contributed by atoms with Crippen LogP contribution in [-0.2, 0) is 4.79 Å². The van der Waals surface area contributed by atoms with Crippen LogP contribution in [0.1, 0.15) is 26.2 Å². The molecule has 0 spiro atoms. The third-order valence-electron chi connectivity index (χ3n) is 1.01. The molecule has 0 aliphatic carbocycles. The molecule has 0 aliphatic rings. The Hall–Kier alpha value is -1.30. The molecule has 6 heteroatoms. The van der Waals surface area contributed by atoms with E-state index in [1.54, 1.807) is 6.92 Å². The maximum absolute atomic E-state index is 9.90. The zero-order chi connectivity index (χ0) is 10.9. The molecule has 6 nitrogen and oxygen atoms in total. The molecule has 0 aromatic carbocycles. The minimum absolute atomic E-state index is 0.158. The van der Waals surface area contributed by atoms with Gasteiger partial charge in [0.25, 0.3) is 0 Å². The Labute approximate surface area is 75.4 Å². The number of carboxylic acid groups (broad SMARTS) is 3. The first-order valence-electron chi connectivity index (χ1n) is 3.68. The Kier molecular flexibility index (Phi) is 9.63. The van der Waals surface area contributed by atoms with Crippen molar-refractivity contribution in [1.29, 1.82) is 0 Å². The SMILES string of the molecule is CC(O)CCCC(=O)O.O=C(O)O. The Morgan fingerprint density at radius 1 is 1.23 bits per heavy atom. The van der Waals surface area contributed by atoms with E-state index in [0.29, 0.717) is 12.8 Å². The number of rotatable bonds is 4. The molecule has 0 bridgehead atoms. The Morgan fingerprint density at radius 3 is 1.85 bits per heavy atom. The quantitative estimate of drug-likeness (QED) is 0.527. The third kappa shape index (κ3) is 36.7. The van der Waals surface area contributed by atoms with Gasteiger partial charge < -0.3 is 20.4 Å². The molecule has 0 rings (SSSR count). The molecule has 0 heterocycles. The molecule has 0 saturated heterocycles. The van der Waals surface area contributed by atoms with Gasteiger partial charge in [-0.15, -0.1) is 0 Å². The number of aliphatic hydroxyl groups is 1. The first kappa shape index (κ1) is 14.2. The van der Waals surface area contributed by atoms with Crippen molar-refractivity contribution in [1.82, 2.24) is 0 Å². The lowest BCUT2D eigenvalue weighted by Gasteiger charge is -1.99. The fourth-order valence-corrected chi connectivity index (χ4v) is 0.549. The summed E-state index contributed by atoms with van der Waals surface area (Å²) in [6.45, 7) is 1.65. The van der Waals surface area contributed by atoms with Crippen LogP contribution in [0, 0.1) is 0 Å². The summed E-state index contributed by atoms with van der Waals surface area (Å²) >= 11 is 0. The number of hydrogen-bond donors (Lipinski definition) is 4. The number of aliphatic carboxylic acids is 1. The number of carbonyl (C=O) groups is 2. The molecular weight excluding hydrogens is 180 g/mol. The molecule has 13 heavy (non-hydrogen) atoms. The second kappa shape index (κ2) is 8.79. The van der Waals surface area contributed by atoms with Crippen LogP contribution >= 0.6 is 0 Å². The van der Waals surface area contributed by atoms with Crippen LogP contribution in [0.4, 0.5) is 4.79 Å². The van der Waals surface area contributed by atoms with Gasteiger partial charge in [-0.05, 0) is 19.8 Å². The molecule has 0 radical (unpaired) electrons. The Balaban J connectivity index is 0. The zero-order valence-corrected chi connectivity index (χ0v) is 7.30. The van der Waals surface area contributed by atoms with Gasteiger partial charge >= 0.3 is 12.1 Å². The smallest absolute Gasteiger partial charge is 0.481 e. The minimum Gasteiger partial charge on any atom is -0.481 e. The summed E-state index contributed by atoms with van der Waals surface area (Å²) in [5, 5.41) is 30.8. The monoisotopic (exact) mass is 194 g/mol.